The fourth-order valence-electron chi connectivity index (χ4n) is 1.49. The van der Waals surface area contributed by atoms with Gasteiger partial charge in [-0.2, -0.15) is 13.2 Å². The molecule has 8 heteroatoms. The van der Waals surface area contributed by atoms with Crippen LogP contribution in [-0.2, 0) is 6.61 Å². The summed E-state index contributed by atoms with van der Waals surface area (Å²) in [6.45, 7) is -1.40. The van der Waals surface area contributed by atoms with E-state index in [4.69, 9.17) is 24.4 Å². The van der Waals surface area contributed by atoms with Crippen LogP contribution in [0.2, 0.25) is 0 Å². The van der Waals surface area contributed by atoms with Crippen molar-refractivity contribution in [3.05, 3.63) is 17.7 Å². The third-order valence-electron chi connectivity index (χ3n) is 2.50. The smallest absolute Gasteiger partial charge is 0.417 e. The highest BCUT2D eigenvalue weighted by molar-refractivity contribution is 5.51. The van der Waals surface area contributed by atoms with Crippen LogP contribution < -0.4 is 14.2 Å². The summed E-state index contributed by atoms with van der Waals surface area (Å²) < 4.78 is 51.4. The van der Waals surface area contributed by atoms with Gasteiger partial charge in [-0.3, -0.25) is 0 Å². The molecule has 19 heavy (non-hydrogen) atoms. The molecule has 0 radical (unpaired) electrons. The predicted octanol–water partition coefficient (Wildman–Crippen LogP) is 1.21. The minimum Gasteiger partial charge on any atom is -0.490 e. The fourth-order valence-corrected chi connectivity index (χ4v) is 1.49. The summed E-state index contributed by atoms with van der Waals surface area (Å²) in [6, 6.07) is 2.73. The molecule has 0 fully saturated rings. The van der Waals surface area contributed by atoms with Crippen LogP contribution in [0, 0.1) is 0 Å². The molecule has 106 valence electrons. The zero-order chi connectivity index (χ0) is 14.0. The van der Waals surface area contributed by atoms with Gasteiger partial charge in [-0.1, -0.05) is 0 Å². The summed E-state index contributed by atoms with van der Waals surface area (Å²) in [5.74, 6) is 0.705. The summed E-state index contributed by atoms with van der Waals surface area (Å²) in [5.41, 5.74) is 0.249. The Labute approximate surface area is 106 Å². The Balaban J connectivity index is 2.12. The predicted molar refractivity (Wildman–Crippen MR) is 56.0 cm³/mol. The van der Waals surface area contributed by atoms with Gasteiger partial charge in [0.05, 0.1) is 6.61 Å². The van der Waals surface area contributed by atoms with Crippen molar-refractivity contribution in [2.24, 2.45) is 0 Å². The van der Waals surface area contributed by atoms with Crippen molar-refractivity contribution in [3.63, 3.8) is 0 Å². The van der Waals surface area contributed by atoms with Gasteiger partial charge < -0.3 is 24.4 Å². The van der Waals surface area contributed by atoms with Crippen molar-refractivity contribution < 1.29 is 37.6 Å². The van der Waals surface area contributed by atoms with Crippen molar-refractivity contribution in [1.29, 1.82) is 0 Å². The molecule has 1 unspecified atom stereocenters. The summed E-state index contributed by atoms with van der Waals surface area (Å²) in [6.07, 6.45) is -7.35. The number of alkyl halides is 3. The van der Waals surface area contributed by atoms with E-state index in [1.807, 2.05) is 0 Å². The van der Waals surface area contributed by atoms with Crippen LogP contribution >= 0.6 is 0 Å². The van der Waals surface area contributed by atoms with E-state index in [1.54, 1.807) is 0 Å². The van der Waals surface area contributed by atoms with Gasteiger partial charge in [0, 0.05) is 11.6 Å². The third kappa shape index (κ3) is 3.02. The monoisotopic (exact) mass is 280 g/mol. The quantitative estimate of drug-likeness (QED) is 0.867. The molecule has 5 nitrogen and oxygen atoms in total. The zero-order valence-electron chi connectivity index (χ0n) is 9.61. The van der Waals surface area contributed by atoms with Crippen molar-refractivity contribution in [2.45, 2.75) is 18.9 Å². The first-order valence-corrected chi connectivity index (χ1v) is 5.32. The minimum atomic E-state index is -4.75. The number of benzene rings is 1. The summed E-state index contributed by atoms with van der Waals surface area (Å²) in [7, 11) is 0. The van der Waals surface area contributed by atoms with Crippen molar-refractivity contribution >= 4 is 0 Å². The highest BCUT2D eigenvalue weighted by Crippen LogP contribution is 2.38. The molecule has 0 aromatic heterocycles. The molecular formula is C11H11F3O5. The first-order chi connectivity index (χ1) is 8.91. The SMILES string of the molecule is OCc1cc2c(cc1OCC(O)C(F)(F)F)OCO2. The van der Waals surface area contributed by atoms with Gasteiger partial charge in [0.25, 0.3) is 0 Å². The average Bonchev–Trinajstić information content (AvgIpc) is 2.80. The zero-order valence-corrected chi connectivity index (χ0v) is 9.61. The van der Waals surface area contributed by atoms with E-state index in [9.17, 15) is 13.2 Å². The summed E-state index contributed by atoms with van der Waals surface area (Å²) >= 11 is 0. The molecular weight excluding hydrogens is 269 g/mol. The number of hydrogen-bond acceptors (Lipinski definition) is 5. The molecule has 0 spiro atoms. The summed E-state index contributed by atoms with van der Waals surface area (Å²) in [5, 5.41) is 17.9. The van der Waals surface area contributed by atoms with Gasteiger partial charge >= 0.3 is 6.18 Å². The Kier molecular flexibility index (Phi) is 3.72. The van der Waals surface area contributed by atoms with Gasteiger partial charge in [-0.15, -0.1) is 0 Å². The van der Waals surface area contributed by atoms with Gasteiger partial charge in [0.15, 0.2) is 17.6 Å². The largest absolute Gasteiger partial charge is 0.490 e. The number of aliphatic hydroxyl groups excluding tert-OH is 2. The molecule has 0 aliphatic carbocycles. The Hall–Kier alpha value is -1.67. The second kappa shape index (κ2) is 5.14. The highest BCUT2D eigenvalue weighted by Gasteiger charge is 2.38. The van der Waals surface area contributed by atoms with E-state index < -0.39 is 25.5 Å². The number of aliphatic hydroxyl groups is 2. The lowest BCUT2D eigenvalue weighted by atomic mass is 10.2. The number of rotatable bonds is 4. The molecule has 1 aliphatic rings. The van der Waals surface area contributed by atoms with Crippen LogP contribution in [0.3, 0.4) is 0 Å². The van der Waals surface area contributed by atoms with E-state index in [0.29, 0.717) is 11.5 Å². The Morgan fingerprint density at radius 2 is 1.89 bits per heavy atom. The van der Waals surface area contributed by atoms with Crippen LogP contribution in [0.15, 0.2) is 12.1 Å². The third-order valence-corrected chi connectivity index (χ3v) is 2.50. The number of halogens is 3. The molecule has 0 bridgehead atoms. The van der Waals surface area contributed by atoms with Crippen LogP contribution in [0.5, 0.6) is 17.2 Å². The molecule has 0 saturated heterocycles. The van der Waals surface area contributed by atoms with E-state index in [0.717, 1.165) is 0 Å². The van der Waals surface area contributed by atoms with Crippen LogP contribution in [0.4, 0.5) is 13.2 Å². The lowest BCUT2D eigenvalue weighted by Crippen LogP contribution is -2.34. The Morgan fingerprint density at radius 3 is 2.47 bits per heavy atom. The van der Waals surface area contributed by atoms with Gasteiger partial charge in [0.2, 0.25) is 6.79 Å². The lowest BCUT2D eigenvalue weighted by molar-refractivity contribution is -0.210. The Bertz CT molecular complexity index is 460. The maximum atomic E-state index is 12.1. The molecule has 1 aromatic carbocycles. The average molecular weight is 280 g/mol. The van der Waals surface area contributed by atoms with Gasteiger partial charge in [-0.25, -0.2) is 0 Å². The maximum absolute atomic E-state index is 12.1. The van der Waals surface area contributed by atoms with E-state index >= 15 is 0 Å². The molecule has 0 saturated carbocycles. The second-order valence-corrected chi connectivity index (χ2v) is 3.84. The first kappa shape index (κ1) is 13.8. The van der Waals surface area contributed by atoms with Crippen molar-refractivity contribution in [2.75, 3.05) is 13.4 Å². The van der Waals surface area contributed by atoms with E-state index in [2.05, 4.69) is 0 Å². The molecule has 1 aromatic rings. The Morgan fingerprint density at radius 1 is 1.26 bits per heavy atom. The fraction of sp³-hybridized carbons (Fsp3) is 0.455. The molecule has 1 heterocycles. The molecule has 0 amide bonds. The van der Waals surface area contributed by atoms with E-state index in [-0.39, 0.29) is 18.1 Å². The minimum absolute atomic E-state index is 0.00513. The first-order valence-electron chi connectivity index (χ1n) is 5.32. The second-order valence-electron chi connectivity index (χ2n) is 3.84. The van der Waals surface area contributed by atoms with Crippen molar-refractivity contribution in [1.82, 2.24) is 0 Å². The normalized spacial score (nSPS) is 15.4. The van der Waals surface area contributed by atoms with Gasteiger partial charge in [-0.05, 0) is 6.07 Å². The molecule has 1 aliphatic heterocycles. The molecule has 2 rings (SSSR count). The number of ether oxygens (including phenoxy) is 3. The van der Waals surface area contributed by atoms with Crippen LogP contribution in [0.1, 0.15) is 5.56 Å². The van der Waals surface area contributed by atoms with E-state index in [1.165, 1.54) is 12.1 Å². The van der Waals surface area contributed by atoms with Crippen molar-refractivity contribution in [3.8, 4) is 17.2 Å². The summed E-state index contributed by atoms with van der Waals surface area (Å²) in [4.78, 5) is 0. The standard InChI is InChI=1S/C11H11F3O5/c12-11(13,14)10(16)4-17-7-2-9-8(18-5-19-9)1-6(7)3-15/h1-2,10,15-16H,3-5H2. The number of fused-ring (bicyclic) bond motifs is 1. The number of hydrogen-bond donors (Lipinski definition) is 2. The maximum Gasteiger partial charge on any atom is 0.417 e. The van der Waals surface area contributed by atoms with Crippen LogP contribution in [-0.4, -0.2) is 35.9 Å². The van der Waals surface area contributed by atoms with Crippen LogP contribution in [0.25, 0.3) is 0 Å². The molecule has 1 atom stereocenters. The van der Waals surface area contributed by atoms with Gasteiger partial charge in [0.1, 0.15) is 12.4 Å². The molecule has 2 N–H and O–H groups in total. The topological polar surface area (TPSA) is 68.2 Å². The highest BCUT2D eigenvalue weighted by atomic mass is 19.4. The lowest BCUT2D eigenvalue weighted by Gasteiger charge is -2.16.